The fraction of sp³-hybridized carbons (Fsp3) is 0.312. The minimum Gasteiger partial charge on any atom is -0.469 e. The van der Waals surface area contributed by atoms with Crippen molar-refractivity contribution in [2.24, 2.45) is 0 Å². The number of fused-ring (bicyclic) bond motifs is 1. The molecule has 0 aliphatic carbocycles. The predicted molar refractivity (Wildman–Crippen MR) is 166 cm³/mol. The molecule has 0 spiro atoms. The van der Waals surface area contributed by atoms with Gasteiger partial charge in [0.05, 0.1) is 24.5 Å². The number of amides is 1. The van der Waals surface area contributed by atoms with Crippen molar-refractivity contribution in [3.63, 3.8) is 0 Å². The highest BCUT2D eigenvalue weighted by Crippen LogP contribution is 2.23. The number of carbonyl (C=O) groups excluding carboxylic acids is 2. The lowest BCUT2D eigenvalue weighted by Crippen LogP contribution is -2.42. The van der Waals surface area contributed by atoms with Gasteiger partial charge in [0.1, 0.15) is 0 Å². The van der Waals surface area contributed by atoms with Crippen LogP contribution < -0.4 is 15.4 Å². The quantitative estimate of drug-likeness (QED) is 0.158. The van der Waals surface area contributed by atoms with E-state index in [1.165, 1.54) is 19.2 Å². The monoisotopic (exact) mass is 606 g/mol. The molecule has 0 radical (unpaired) electrons. The van der Waals surface area contributed by atoms with E-state index in [-0.39, 0.29) is 41.8 Å². The first kappa shape index (κ1) is 31.7. The van der Waals surface area contributed by atoms with Crippen LogP contribution in [0.4, 0.5) is 5.69 Å². The van der Waals surface area contributed by atoms with Gasteiger partial charge >= 0.3 is 5.97 Å². The molecule has 11 heteroatoms. The Labute approximate surface area is 252 Å². The highest BCUT2D eigenvalue weighted by Gasteiger charge is 2.21. The van der Waals surface area contributed by atoms with Gasteiger partial charge in [-0.1, -0.05) is 30.3 Å². The molecule has 0 bridgehead atoms. The molecular weight excluding hydrogens is 568 g/mol. The highest BCUT2D eigenvalue weighted by atomic mass is 32.2. The first-order chi connectivity index (χ1) is 20.5. The van der Waals surface area contributed by atoms with Crippen LogP contribution in [-0.2, 0) is 26.1 Å². The Balaban J connectivity index is 1.31. The number of β-amino-alcohol motifs (C(OH)–C–C–N with tert-alkyl or cyclic N) is 1. The number of aliphatic hydroxyl groups excluding tert-OH is 1. The third kappa shape index (κ3) is 8.66. The van der Waals surface area contributed by atoms with E-state index in [1.54, 1.807) is 48.5 Å². The fourth-order valence-electron chi connectivity index (χ4n) is 4.62. The molecule has 1 aromatic heterocycles. The van der Waals surface area contributed by atoms with Crippen LogP contribution in [0.1, 0.15) is 48.7 Å². The second-order valence-electron chi connectivity index (χ2n) is 10.9. The summed E-state index contributed by atoms with van der Waals surface area (Å²) in [7, 11) is -2.42. The zero-order valence-corrected chi connectivity index (χ0v) is 25.4. The first-order valence-electron chi connectivity index (χ1n) is 14.0. The lowest BCUT2D eigenvalue weighted by Gasteiger charge is -2.28. The van der Waals surface area contributed by atoms with Crippen LogP contribution >= 0.6 is 0 Å². The van der Waals surface area contributed by atoms with Crippen molar-refractivity contribution in [1.29, 1.82) is 0 Å². The highest BCUT2D eigenvalue weighted by molar-refractivity contribution is 7.92. The number of benzene rings is 3. The number of methoxy groups -OCH3 is 1. The number of sulfonamides is 1. The number of aliphatic hydroxyl groups is 1. The SMILES string of the molecule is COC(=O)CCNC(=O)c1ccc2c(ccn2CCC(C)(C)NCC(O)c2cccc(NS(=O)(=O)c3ccccc3)c2)c1. The molecule has 228 valence electrons. The smallest absolute Gasteiger partial charge is 0.307 e. The molecule has 3 aromatic carbocycles. The third-order valence-electron chi connectivity index (χ3n) is 7.20. The van der Waals surface area contributed by atoms with Crippen LogP contribution in [0.15, 0.2) is 90.0 Å². The van der Waals surface area contributed by atoms with Crippen LogP contribution in [0.3, 0.4) is 0 Å². The van der Waals surface area contributed by atoms with Crippen molar-refractivity contribution in [2.75, 3.05) is 24.9 Å². The Hall–Kier alpha value is -4.19. The number of rotatable bonds is 14. The van der Waals surface area contributed by atoms with E-state index >= 15 is 0 Å². The van der Waals surface area contributed by atoms with Gasteiger partial charge < -0.3 is 25.0 Å². The maximum absolute atomic E-state index is 12.7. The lowest BCUT2D eigenvalue weighted by molar-refractivity contribution is -0.140. The van der Waals surface area contributed by atoms with Crippen molar-refractivity contribution in [3.8, 4) is 0 Å². The fourth-order valence-corrected chi connectivity index (χ4v) is 5.69. The average molecular weight is 607 g/mol. The van der Waals surface area contributed by atoms with E-state index in [0.717, 1.165) is 17.3 Å². The predicted octanol–water partition coefficient (Wildman–Crippen LogP) is 4.23. The molecule has 1 unspecified atom stereocenters. The summed E-state index contributed by atoms with van der Waals surface area (Å²) in [6, 6.07) is 22.4. The Morgan fingerprint density at radius 1 is 1.00 bits per heavy atom. The molecule has 0 aliphatic rings. The topological polar surface area (TPSA) is 139 Å². The Kier molecular flexibility index (Phi) is 10.2. The first-order valence-corrected chi connectivity index (χ1v) is 15.5. The number of nitrogens with one attached hydrogen (secondary N) is 3. The van der Waals surface area contributed by atoms with Crippen LogP contribution in [0.2, 0.25) is 0 Å². The van der Waals surface area contributed by atoms with E-state index in [4.69, 9.17) is 0 Å². The lowest BCUT2D eigenvalue weighted by atomic mass is 9.99. The molecule has 0 saturated heterocycles. The molecule has 1 heterocycles. The van der Waals surface area contributed by atoms with Crippen LogP contribution in [0.25, 0.3) is 10.9 Å². The van der Waals surface area contributed by atoms with Gasteiger partial charge in [0.2, 0.25) is 0 Å². The second-order valence-corrected chi connectivity index (χ2v) is 12.6. The summed E-state index contributed by atoms with van der Waals surface area (Å²) in [5.41, 5.74) is 2.17. The minimum atomic E-state index is -3.74. The number of aromatic nitrogens is 1. The van der Waals surface area contributed by atoms with E-state index < -0.39 is 16.1 Å². The van der Waals surface area contributed by atoms with Gasteiger partial charge in [-0.15, -0.1) is 0 Å². The summed E-state index contributed by atoms with van der Waals surface area (Å²) in [5.74, 6) is -0.625. The summed E-state index contributed by atoms with van der Waals surface area (Å²) in [6.07, 6.45) is 2.02. The number of anilines is 1. The van der Waals surface area contributed by atoms with E-state index in [2.05, 4.69) is 38.5 Å². The van der Waals surface area contributed by atoms with Gasteiger partial charge in [-0.2, -0.15) is 0 Å². The Morgan fingerprint density at radius 3 is 2.51 bits per heavy atom. The largest absolute Gasteiger partial charge is 0.469 e. The third-order valence-corrected chi connectivity index (χ3v) is 8.60. The number of hydrogen-bond donors (Lipinski definition) is 4. The van der Waals surface area contributed by atoms with Crippen molar-refractivity contribution < 1.29 is 27.9 Å². The molecule has 0 fully saturated rings. The van der Waals surface area contributed by atoms with Crippen molar-refractivity contribution in [1.82, 2.24) is 15.2 Å². The molecular formula is C32H38N4O6S. The molecule has 43 heavy (non-hydrogen) atoms. The zero-order valence-electron chi connectivity index (χ0n) is 24.5. The zero-order chi connectivity index (χ0) is 31.0. The summed E-state index contributed by atoms with van der Waals surface area (Å²) >= 11 is 0. The van der Waals surface area contributed by atoms with E-state index in [0.29, 0.717) is 23.4 Å². The van der Waals surface area contributed by atoms with Gasteiger partial charge in [-0.3, -0.25) is 14.3 Å². The molecule has 4 aromatic rings. The second kappa shape index (κ2) is 13.9. The molecule has 4 N–H and O–H groups in total. The van der Waals surface area contributed by atoms with Crippen molar-refractivity contribution >= 4 is 38.5 Å². The molecule has 0 aliphatic heterocycles. The van der Waals surface area contributed by atoms with Crippen molar-refractivity contribution in [3.05, 3.63) is 96.2 Å². The van der Waals surface area contributed by atoms with E-state index in [9.17, 15) is 23.1 Å². The van der Waals surface area contributed by atoms with Gasteiger partial charge in [0.25, 0.3) is 15.9 Å². The van der Waals surface area contributed by atoms with Crippen molar-refractivity contribution in [2.45, 2.75) is 49.8 Å². The normalized spacial score (nSPS) is 12.6. The molecule has 10 nitrogen and oxygen atoms in total. The number of esters is 1. The number of nitrogens with zero attached hydrogens (tertiary/aromatic N) is 1. The van der Waals surface area contributed by atoms with Gasteiger partial charge in [-0.05, 0) is 74.4 Å². The molecule has 1 amide bonds. The standard InChI is InChI=1S/C32H38N4O6S/c1-32(2,16-19-36-18-15-23-20-25(12-13-28(23)36)31(39)33-17-14-30(38)42-3)34-22-29(37)24-8-7-9-26(21-24)35-43(40,41)27-10-5-4-6-11-27/h4-13,15,18,20-21,29,34-35,37H,14,16-17,19,22H2,1-3H3,(H,33,39). The van der Waals surface area contributed by atoms with Gasteiger partial charge in [-0.25, -0.2) is 8.42 Å². The Bertz CT molecular complexity index is 1670. The Morgan fingerprint density at radius 2 is 1.77 bits per heavy atom. The van der Waals surface area contributed by atoms with Crippen LogP contribution in [0.5, 0.6) is 0 Å². The average Bonchev–Trinajstić information content (AvgIpc) is 3.41. The number of ether oxygens (including phenoxy) is 1. The summed E-state index contributed by atoms with van der Waals surface area (Å²) in [4.78, 5) is 23.9. The maximum atomic E-state index is 12.7. The van der Waals surface area contributed by atoms with Crippen LogP contribution in [0, 0.1) is 0 Å². The summed E-state index contributed by atoms with van der Waals surface area (Å²) in [5, 5.41) is 18.0. The number of carbonyl (C=O) groups is 2. The molecule has 4 rings (SSSR count). The maximum Gasteiger partial charge on any atom is 0.307 e. The van der Waals surface area contributed by atoms with Crippen LogP contribution in [-0.4, -0.2) is 55.7 Å². The van der Waals surface area contributed by atoms with Gasteiger partial charge in [0, 0.05) is 53.5 Å². The minimum absolute atomic E-state index is 0.115. The molecule has 0 saturated carbocycles. The van der Waals surface area contributed by atoms with E-state index in [1.807, 2.05) is 24.4 Å². The summed E-state index contributed by atoms with van der Waals surface area (Å²) in [6.45, 7) is 5.32. The van der Waals surface area contributed by atoms with Gasteiger partial charge in [0.15, 0.2) is 0 Å². The summed E-state index contributed by atoms with van der Waals surface area (Å²) < 4.78 is 34.7. The number of aryl methyl sites for hydroxylation is 1. The number of hydrogen-bond acceptors (Lipinski definition) is 7. The molecule has 1 atom stereocenters.